The van der Waals surface area contributed by atoms with Gasteiger partial charge in [-0.2, -0.15) is 0 Å². The summed E-state index contributed by atoms with van der Waals surface area (Å²) < 4.78 is 0. The Morgan fingerprint density at radius 2 is 0.717 bits per heavy atom. The molecule has 0 N–H and O–H groups in total. The number of nitrogens with zero attached hydrogens (tertiary/aromatic N) is 4. The van der Waals surface area contributed by atoms with Crippen LogP contribution >= 0.6 is 0 Å². The number of hydrogen-bond donors (Lipinski definition) is 0. The molecule has 0 spiro atoms. The van der Waals surface area contributed by atoms with E-state index in [1.807, 2.05) is 24.5 Å². The first kappa shape index (κ1) is 26.2. The van der Waals surface area contributed by atoms with Crippen LogP contribution in [0.1, 0.15) is 0 Å². The normalized spacial score (nSPS) is 11.5. The molecule has 0 bridgehead atoms. The highest BCUT2D eigenvalue weighted by Crippen LogP contribution is 2.43. The minimum absolute atomic E-state index is 0.949. The Morgan fingerprint density at radius 1 is 0.304 bits per heavy atom. The van der Waals surface area contributed by atoms with Crippen LogP contribution in [0, 0.1) is 0 Å². The van der Waals surface area contributed by atoms with E-state index in [0.29, 0.717) is 0 Å². The highest BCUT2D eigenvalue weighted by atomic mass is 15.1. The second-order valence-corrected chi connectivity index (χ2v) is 11.6. The van der Waals surface area contributed by atoms with Crippen molar-refractivity contribution in [1.82, 2.24) is 9.97 Å². The van der Waals surface area contributed by atoms with Crippen molar-refractivity contribution in [3.05, 3.63) is 170 Å². The molecule has 46 heavy (non-hydrogen) atoms. The largest absolute Gasteiger partial charge is 0.310 e. The Labute approximate surface area is 266 Å². The lowest BCUT2D eigenvalue weighted by molar-refractivity contribution is 1.28. The van der Waals surface area contributed by atoms with Gasteiger partial charge >= 0.3 is 0 Å². The van der Waals surface area contributed by atoms with Crippen molar-refractivity contribution < 1.29 is 0 Å². The summed E-state index contributed by atoms with van der Waals surface area (Å²) in [6.45, 7) is 0. The predicted molar refractivity (Wildman–Crippen MR) is 193 cm³/mol. The molecule has 2 heterocycles. The maximum atomic E-state index is 5.06. The minimum atomic E-state index is 0.949. The number of rotatable bonds is 6. The summed E-state index contributed by atoms with van der Waals surface area (Å²) in [6.07, 6.45) is 3.99. The number of benzene rings is 7. The number of para-hydroxylation sites is 3. The maximum absolute atomic E-state index is 5.06. The lowest BCUT2D eigenvalue weighted by atomic mass is 9.99. The maximum Gasteiger partial charge on any atom is 0.0736 e. The van der Waals surface area contributed by atoms with Gasteiger partial charge in [0.25, 0.3) is 0 Å². The molecule has 4 nitrogen and oxygen atoms in total. The van der Waals surface area contributed by atoms with Crippen LogP contribution in [-0.2, 0) is 0 Å². The van der Waals surface area contributed by atoms with Gasteiger partial charge in [-0.1, -0.05) is 84.9 Å². The lowest BCUT2D eigenvalue weighted by Gasteiger charge is -2.27. The fraction of sp³-hybridized carbons (Fsp3) is 0. The average molecular weight is 589 g/mol. The van der Waals surface area contributed by atoms with E-state index in [1.54, 1.807) is 0 Å². The molecule has 9 rings (SSSR count). The third kappa shape index (κ3) is 4.39. The van der Waals surface area contributed by atoms with Gasteiger partial charge in [0.15, 0.2) is 0 Å². The van der Waals surface area contributed by atoms with Gasteiger partial charge in [0.2, 0.25) is 0 Å². The van der Waals surface area contributed by atoms with Gasteiger partial charge in [-0.15, -0.1) is 0 Å². The van der Waals surface area contributed by atoms with E-state index in [2.05, 4.69) is 155 Å². The van der Waals surface area contributed by atoms with E-state index in [0.717, 1.165) is 66.7 Å². The summed E-state index contributed by atoms with van der Waals surface area (Å²) in [5, 5.41) is 6.83. The summed E-state index contributed by atoms with van der Waals surface area (Å²) in [6, 6.07) is 55.5. The number of aromatic nitrogens is 2. The topological polar surface area (TPSA) is 32.3 Å². The molecule has 0 aliphatic carbocycles. The van der Waals surface area contributed by atoms with Crippen LogP contribution in [0.4, 0.5) is 34.1 Å². The number of anilines is 6. The van der Waals surface area contributed by atoms with Crippen LogP contribution in [-0.4, -0.2) is 9.97 Å². The fourth-order valence-electron chi connectivity index (χ4n) is 6.70. The van der Waals surface area contributed by atoms with Crippen molar-refractivity contribution in [2.24, 2.45) is 0 Å². The standard InChI is InChI=1S/C42H28N4/c1-4-14-33(15-5-1)45(34-16-6-2-7-17-34)37-23-31-27-44-40-26-38(24-32-28-43-39(25-37)41(31)42(32)40)46(35-18-8-3-9-19-35)36-21-20-29-12-10-11-13-30(29)22-36/h1-28H. The van der Waals surface area contributed by atoms with Gasteiger partial charge in [-0.3, -0.25) is 9.97 Å². The Balaban J connectivity index is 1.22. The number of pyridine rings is 2. The second-order valence-electron chi connectivity index (χ2n) is 11.6. The van der Waals surface area contributed by atoms with Gasteiger partial charge in [0, 0.05) is 68.1 Å². The second kappa shape index (κ2) is 10.7. The Hall–Kier alpha value is -6.26. The molecule has 9 aromatic rings. The van der Waals surface area contributed by atoms with Gasteiger partial charge in [-0.25, -0.2) is 0 Å². The Bertz CT molecular complexity index is 2370. The zero-order chi connectivity index (χ0) is 30.5. The molecule has 0 aliphatic rings. The molecule has 0 radical (unpaired) electrons. The molecule has 0 unspecified atom stereocenters. The molecule has 0 fully saturated rings. The molecule has 0 saturated heterocycles. The zero-order valence-corrected chi connectivity index (χ0v) is 25.0. The van der Waals surface area contributed by atoms with Crippen molar-refractivity contribution in [1.29, 1.82) is 0 Å². The summed E-state index contributed by atoms with van der Waals surface area (Å²) in [4.78, 5) is 14.7. The van der Waals surface area contributed by atoms with Crippen molar-refractivity contribution in [3.63, 3.8) is 0 Å². The first-order valence-corrected chi connectivity index (χ1v) is 15.5. The van der Waals surface area contributed by atoms with Crippen LogP contribution in [0.2, 0.25) is 0 Å². The molecule has 0 amide bonds. The zero-order valence-electron chi connectivity index (χ0n) is 25.0. The van der Waals surface area contributed by atoms with Crippen molar-refractivity contribution in [2.45, 2.75) is 0 Å². The van der Waals surface area contributed by atoms with E-state index < -0.39 is 0 Å². The summed E-state index contributed by atoms with van der Waals surface area (Å²) >= 11 is 0. The third-order valence-corrected chi connectivity index (χ3v) is 8.75. The molecular weight excluding hydrogens is 560 g/mol. The van der Waals surface area contributed by atoms with Crippen LogP contribution in [0.15, 0.2) is 170 Å². The monoisotopic (exact) mass is 588 g/mol. The Morgan fingerprint density at radius 3 is 1.22 bits per heavy atom. The quantitative estimate of drug-likeness (QED) is 0.181. The molecule has 2 aromatic heterocycles. The average Bonchev–Trinajstić information content (AvgIpc) is 3.12. The van der Waals surface area contributed by atoms with Gasteiger partial charge in [0.1, 0.15) is 0 Å². The summed E-state index contributed by atoms with van der Waals surface area (Å²) in [7, 11) is 0. The number of hydrogen-bond acceptors (Lipinski definition) is 4. The van der Waals surface area contributed by atoms with E-state index >= 15 is 0 Å². The van der Waals surface area contributed by atoms with Crippen LogP contribution in [0.3, 0.4) is 0 Å². The minimum Gasteiger partial charge on any atom is -0.310 e. The van der Waals surface area contributed by atoms with Gasteiger partial charge in [-0.05, 0) is 83.6 Å². The lowest BCUT2D eigenvalue weighted by Crippen LogP contribution is -2.10. The molecule has 7 aromatic carbocycles. The van der Waals surface area contributed by atoms with Crippen molar-refractivity contribution in [3.8, 4) is 0 Å². The summed E-state index contributed by atoms with van der Waals surface area (Å²) in [5.74, 6) is 0. The van der Waals surface area contributed by atoms with Gasteiger partial charge < -0.3 is 9.80 Å². The highest BCUT2D eigenvalue weighted by Gasteiger charge is 2.20. The number of fused-ring (bicyclic) bond motifs is 1. The first-order valence-electron chi connectivity index (χ1n) is 15.5. The predicted octanol–water partition coefficient (Wildman–Crippen LogP) is 11.5. The molecule has 4 heteroatoms. The third-order valence-electron chi connectivity index (χ3n) is 8.75. The smallest absolute Gasteiger partial charge is 0.0736 e. The molecule has 0 aliphatic heterocycles. The first-order chi connectivity index (χ1) is 22.8. The van der Waals surface area contributed by atoms with Crippen LogP contribution in [0.5, 0.6) is 0 Å². The van der Waals surface area contributed by atoms with Crippen molar-refractivity contribution in [2.75, 3.05) is 9.80 Å². The molecular formula is C42H28N4. The SMILES string of the molecule is c1ccc(N(c2ccccc2)c2cc3cnc4cc(N(c5ccccc5)c5ccc6ccccc6c5)cc5cnc(c2)c3c54)cc1. The van der Waals surface area contributed by atoms with Crippen LogP contribution < -0.4 is 9.80 Å². The molecule has 216 valence electrons. The van der Waals surface area contributed by atoms with Crippen LogP contribution in [0.25, 0.3) is 43.4 Å². The fourth-order valence-corrected chi connectivity index (χ4v) is 6.70. The van der Waals surface area contributed by atoms with E-state index in [9.17, 15) is 0 Å². The van der Waals surface area contributed by atoms with E-state index in [1.165, 1.54) is 10.8 Å². The Kier molecular flexibility index (Phi) is 6.10. The molecule has 0 saturated carbocycles. The summed E-state index contributed by atoms with van der Waals surface area (Å²) in [5.41, 5.74) is 8.35. The molecule has 0 atom stereocenters. The van der Waals surface area contributed by atoms with E-state index in [4.69, 9.17) is 9.97 Å². The highest BCUT2D eigenvalue weighted by molar-refractivity contribution is 6.22. The van der Waals surface area contributed by atoms with E-state index in [-0.39, 0.29) is 0 Å². The van der Waals surface area contributed by atoms with Crippen molar-refractivity contribution >= 4 is 77.5 Å². The van der Waals surface area contributed by atoms with Gasteiger partial charge in [0.05, 0.1) is 11.0 Å².